The molecule has 0 amide bonds. The van der Waals surface area contributed by atoms with Crippen LogP contribution in [0.1, 0.15) is 232 Å². The van der Waals surface area contributed by atoms with Crippen molar-refractivity contribution in [3.05, 3.63) is 24.3 Å². The summed E-state index contributed by atoms with van der Waals surface area (Å²) in [5.74, 6) is -0.841. The second-order valence-electron chi connectivity index (χ2n) is 18.2. The predicted molar refractivity (Wildman–Crippen MR) is 250 cm³/mol. The molecule has 0 radical (unpaired) electrons. The molecule has 9 nitrogen and oxygen atoms in total. The van der Waals surface area contributed by atoms with Gasteiger partial charge in [0.1, 0.15) is 19.8 Å². The maximum atomic E-state index is 12.7. The van der Waals surface area contributed by atoms with Crippen molar-refractivity contribution in [3.63, 3.8) is 0 Å². The zero-order chi connectivity index (χ0) is 44.3. The molecule has 10 heteroatoms. The van der Waals surface area contributed by atoms with Gasteiger partial charge in [-0.1, -0.05) is 205 Å². The van der Waals surface area contributed by atoms with E-state index in [-0.39, 0.29) is 32.0 Å². The van der Waals surface area contributed by atoms with Gasteiger partial charge in [-0.25, -0.2) is 0 Å². The first kappa shape index (κ1) is 58.5. The van der Waals surface area contributed by atoms with Crippen molar-refractivity contribution in [2.75, 3.05) is 47.5 Å². The van der Waals surface area contributed by atoms with E-state index in [9.17, 15) is 19.0 Å². The monoisotopic (exact) mass is 870 g/mol. The Morgan fingerprint density at radius 2 is 0.883 bits per heavy atom. The Balaban J connectivity index is 4.23. The molecule has 354 valence electrons. The highest BCUT2D eigenvalue weighted by Gasteiger charge is 2.21. The molecular weight excluding hydrogens is 774 g/mol. The number of rotatable bonds is 46. The maximum absolute atomic E-state index is 12.7. The van der Waals surface area contributed by atoms with Crippen molar-refractivity contribution in [3.8, 4) is 0 Å². The third-order valence-corrected chi connectivity index (χ3v) is 12.0. The van der Waals surface area contributed by atoms with Crippen LogP contribution in [-0.2, 0) is 32.7 Å². The molecule has 0 N–H and O–H groups in total. The number of quaternary nitrogens is 1. The van der Waals surface area contributed by atoms with E-state index in [2.05, 4.69) is 38.2 Å². The summed E-state index contributed by atoms with van der Waals surface area (Å²) in [7, 11) is 1.16. The summed E-state index contributed by atoms with van der Waals surface area (Å²) in [5.41, 5.74) is 0. The van der Waals surface area contributed by atoms with E-state index in [1.165, 1.54) is 141 Å². The lowest BCUT2D eigenvalue weighted by Gasteiger charge is -2.28. The fourth-order valence-corrected chi connectivity index (χ4v) is 7.79. The molecule has 0 bridgehead atoms. The number of nitrogens with zero attached hydrogens (tertiary/aromatic N) is 1. The van der Waals surface area contributed by atoms with E-state index >= 15 is 0 Å². The van der Waals surface area contributed by atoms with Crippen LogP contribution in [0.4, 0.5) is 0 Å². The van der Waals surface area contributed by atoms with Crippen LogP contribution in [0, 0.1) is 0 Å². The lowest BCUT2D eigenvalue weighted by atomic mass is 10.0. The van der Waals surface area contributed by atoms with Gasteiger partial charge in [-0.3, -0.25) is 14.2 Å². The van der Waals surface area contributed by atoms with Crippen molar-refractivity contribution in [1.82, 2.24) is 0 Å². The van der Waals surface area contributed by atoms with Crippen LogP contribution in [-0.4, -0.2) is 70.0 Å². The van der Waals surface area contributed by atoms with Gasteiger partial charge in [0.05, 0.1) is 27.7 Å². The predicted octanol–water partition coefficient (Wildman–Crippen LogP) is 14.1. The highest BCUT2D eigenvalue weighted by Crippen LogP contribution is 2.38. The highest BCUT2D eigenvalue weighted by atomic mass is 31.2. The van der Waals surface area contributed by atoms with Gasteiger partial charge >= 0.3 is 11.9 Å². The topological polar surface area (TPSA) is 111 Å². The third kappa shape index (κ3) is 46.0. The van der Waals surface area contributed by atoms with Crippen LogP contribution in [0.3, 0.4) is 0 Å². The summed E-state index contributed by atoms with van der Waals surface area (Å²) >= 11 is 0. The first-order valence-corrected chi connectivity index (χ1v) is 26.5. The van der Waals surface area contributed by atoms with Crippen molar-refractivity contribution in [2.24, 2.45) is 0 Å². The van der Waals surface area contributed by atoms with Crippen LogP contribution < -0.4 is 4.89 Å². The first-order valence-electron chi connectivity index (χ1n) is 25.1. The number of phosphoric acid groups is 1. The summed E-state index contributed by atoms with van der Waals surface area (Å²) in [5, 5.41) is 0. The minimum Gasteiger partial charge on any atom is -0.756 e. The molecule has 0 aromatic rings. The van der Waals surface area contributed by atoms with Crippen LogP contribution >= 0.6 is 7.82 Å². The summed E-state index contributed by atoms with van der Waals surface area (Å²) in [4.78, 5) is 37.6. The summed E-state index contributed by atoms with van der Waals surface area (Å²) < 4.78 is 34.0. The number of carbonyl (C=O) groups is 2. The summed E-state index contributed by atoms with van der Waals surface area (Å²) in [6.45, 7) is 4.22. The van der Waals surface area contributed by atoms with Gasteiger partial charge in [0.25, 0.3) is 7.82 Å². The first-order chi connectivity index (χ1) is 29.0. The molecule has 0 saturated carbocycles. The molecule has 0 fully saturated rings. The largest absolute Gasteiger partial charge is 0.756 e. The molecule has 0 aromatic carbocycles. The van der Waals surface area contributed by atoms with Gasteiger partial charge in [0.2, 0.25) is 0 Å². The highest BCUT2D eigenvalue weighted by molar-refractivity contribution is 7.45. The number of likely N-dealkylation sites (N-methyl/N-ethyl adjacent to an activating group) is 1. The van der Waals surface area contributed by atoms with Crippen LogP contribution in [0.25, 0.3) is 0 Å². The zero-order valence-corrected chi connectivity index (χ0v) is 40.8. The minimum absolute atomic E-state index is 0.0320. The number of allylic oxidation sites excluding steroid dienone is 4. The molecular formula is C50H96NO8P. The second-order valence-corrected chi connectivity index (χ2v) is 19.6. The van der Waals surface area contributed by atoms with E-state index in [1.54, 1.807) is 0 Å². The average Bonchev–Trinajstić information content (AvgIpc) is 3.20. The number of ether oxygens (including phenoxy) is 2. The Labute approximate surface area is 370 Å². The van der Waals surface area contributed by atoms with Gasteiger partial charge in [-0.2, -0.15) is 0 Å². The van der Waals surface area contributed by atoms with Gasteiger partial charge in [0.15, 0.2) is 6.10 Å². The van der Waals surface area contributed by atoms with E-state index in [1.807, 2.05) is 21.1 Å². The van der Waals surface area contributed by atoms with E-state index in [4.69, 9.17) is 18.5 Å². The van der Waals surface area contributed by atoms with E-state index in [0.717, 1.165) is 57.8 Å². The molecule has 0 aliphatic heterocycles. The minimum atomic E-state index is -4.63. The fourth-order valence-electron chi connectivity index (χ4n) is 7.06. The Kier molecular flexibility index (Phi) is 41.7. The number of hydrogen-bond acceptors (Lipinski definition) is 8. The van der Waals surface area contributed by atoms with Gasteiger partial charge < -0.3 is 27.9 Å². The van der Waals surface area contributed by atoms with Crippen molar-refractivity contribution in [1.29, 1.82) is 0 Å². The van der Waals surface area contributed by atoms with E-state index in [0.29, 0.717) is 17.4 Å². The molecule has 0 aliphatic carbocycles. The second kappa shape index (κ2) is 42.8. The third-order valence-electron chi connectivity index (χ3n) is 11.0. The Hall–Kier alpha value is -1.51. The summed E-state index contributed by atoms with van der Waals surface area (Å²) in [6, 6.07) is 0. The van der Waals surface area contributed by atoms with Crippen molar-refractivity contribution in [2.45, 2.75) is 238 Å². The molecule has 0 spiro atoms. The van der Waals surface area contributed by atoms with Gasteiger partial charge in [0, 0.05) is 12.8 Å². The molecule has 0 saturated heterocycles. The Bertz CT molecular complexity index is 1070. The number of unbranched alkanes of at least 4 members (excludes halogenated alkanes) is 29. The number of hydrogen-bond donors (Lipinski definition) is 0. The molecule has 2 atom stereocenters. The molecule has 0 rings (SSSR count). The molecule has 0 aromatic heterocycles. The Morgan fingerprint density at radius 3 is 1.30 bits per heavy atom. The lowest BCUT2D eigenvalue weighted by Crippen LogP contribution is -2.37. The van der Waals surface area contributed by atoms with Crippen LogP contribution in [0.2, 0.25) is 0 Å². The normalized spacial score (nSPS) is 13.6. The number of phosphoric ester groups is 1. The Morgan fingerprint density at radius 1 is 0.517 bits per heavy atom. The number of carbonyl (C=O) groups excluding carboxylic acids is 2. The zero-order valence-electron chi connectivity index (χ0n) is 39.9. The van der Waals surface area contributed by atoms with Crippen LogP contribution in [0.15, 0.2) is 24.3 Å². The standard InChI is InChI=1S/C50H96NO8P/c1-6-8-10-12-14-16-18-20-22-23-24-25-26-27-29-30-32-34-36-38-40-42-49(52)56-46-48(47-58-60(54,55)57-45-44-51(3,4)5)59-50(53)43-41-39-37-35-33-31-28-21-19-17-15-13-11-9-7-2/h17,19,21,28,48H,6-16,18,20,22-27,29-47H2,1-5H3/b19-17+,28-21+/t48-/m0/s1. The van der Waals surface area contributed by atoms with Gasteiger partial charge in [-0.15, -0.1) is 0 Å². The van der Waals surface area contributed by atoms with Gasteiger partial charge in [-0.05, 0) is 38.5 Å². The van der Waals surface area contributed by atoms with Crippen molar-refractivity contribution >= 4 is 19.8 Å². The fraction of sp³-hybridized carbons (Fsp3) is 0.880. The smallest absolute Gasteiger partial charge is 0.306 e. The maximum Gasteiger partial charge on any atom is 0.306 e. The molecule has 0 heterocycles. The summed E-state index contributed by atoms with van der Waals surface area (Å²) in [6.07, 6.45) is 47.8. The van der Waals surface area contributed by atoms with E-state index < -0.39 is 26.5 Å². The lowest BCUT2D eigenvalue weighted by molar-refractivity contribution is -0.870. The SMILES string of the molecule is CCCCCC/C=C/C=C/CCCCCCCC(=O)O[C@@H](COC(=O)CCCCCCCCCCCCCCCCCCCCCCC)COP(=O)([O-])OCC[N+](C)(C)C. The van der Waals surface area contributed by atoms with Crippen LogP contribution in [0.5, 0.6) is 0 Å². The molecule has 60 heavy (non-hydrogen) atoms. The quantitative estimate of drug-likeness (QED) is 0.0195. The number of esters is 2. The molecule has 0 aliphatic rings. The van der Waals surface area contributed by atoms with Crippen molar-refractivity contribution < 1.29 is 42.1 Å². The molecule has 1 unspecified atom stereocenters. The average molecular weight is 870 g/mol.